The molecule has 1 unspecified atom stereocenters. The van der Waals surface area contributed by atoms with Crippen molar-refractivity contribution in [1.82, 2.24) is 4.90 Å². The molecule has 1 heterocycles. The maximum Gasteiger partial charge on any atom is 0.410 e. The summed E-state index contributed by atoms with van der Waals surface area (Å²) in [5.41, 5.74) is 0.520. The number of rotatable bonds is 5. The number of hydrogen-bond donors (Lipinski definition) is 0. The van der Waals surface area contributed by atoms with Gasteiger partial charge < -0.3 is 14.5 Å². The van der Waals surface area contributed by atoms with Gasteiger partial charge in [0.15, 0.2) is 0 Å². The molecule has 26 heavy (non-hydrogen) atoms. The third-order valence-corrected chi connectivity index (χ3v) is 4.43. The van der Waals surface area contributed by atoms with Crippen LogP contribution < -0.4 is 4.90 Å². The molecule has 0 saturated carbocycles. The van der Waals surface area contributed by atoms with E-state index in [-0.39, 0.29) is 17.8 Å². The zero-order valence-corrected chi connectivity index (χ0v) is 16.1. The predicted octanol–water partition coefficient (Wildman–Crippen LogP) is 4.21. The Balaban J connectivity index is 2.10. The van der Waals surface area contributed by atoms with Crippen molar-refractivity contribution in [2.24, 2.45) is 0 Å². The van der Waals surface area contributed by atoms with E-state index >= 15 is 0 Å². The van der Waals surface area contributed by atoms with E-state index in [1.54, 1.807) is 12.1 Å². The number of ether oxygens (including phenoxy) is 1. The van der Waals surface area contributed by atoms with E-state index in [9.17, 15) is 14.9 Å². The molecule has 1 saturated heterocycles. The highest BCUT2D eigenvalue weighted by molar-refractivity contribution is 5.69. The van der Waals surface area contributed by atoms with Crippen molar-refractivity contribution in [3.63, 3.8) is 0 Å². The average Bonchev–Trinajstić information content (AvgIpc) is 2.58. The molecule has 144 valence electrons. The first-order valence-electron chi connectivity index (χ1n) is 9.20. The van der Waals surface area contributed by atoms with E-state index in [4.69, 9.17) is 4.74 Å². The number of nitro benzene ring substituents is 1. The number of piperazine rings is 1. The summed E-state index contributed by atoms with van der Waals surface area (Å²) >= 11 is 0. The van der Waals surface area contributed by atoms with Crippen molar-refractivity contribution in [2.45, 2.75) is 58.6 Å². The average molecular weight is 363 g/mol. The zero-order valence-electron chi connectivity index (χ0n) is 16.1. The van der Waals surface area contributed by atoms with Gasteiger partial charge in [0.25, 0.3) is 5.69 Å². The Labute approximate surface area is 155 Å². The van der Waals surface area contributed by atoms with Crippen LogP contribution in [0.3, 0.4) is 0 Å². The van der Waals surface area contributed by atoms with Crippen LogP contribution >= 0.6 is 0 Å². The lowest BCUT2D eigenvalue weighted by Crippen LogP contribution is -2.56. The van der Waals surface area contributed by atoms with E-state index in [1.165, 1.54) is 12.1 Å². The Hall–Kier alpha value is -2.31. The monoisotopic (exact) mass is 363 g/mol. The second kappa shape index (κ2) is 8.38. The van der Waals surface area contributed by atoms with E-state index in [0.29, 0.717) is 19.6 Å². The van der Waals surface area contributed by atoms with Gasteiger partial charge in [0.1, 0.15) is 5.60 Å². The fourth-order valence-electron chi connectivity index (χ4n) is 3.12. The molecule has 2 rings (SSSR count). The topological polar surface area (TPSA) is 75.9 Å². The van der Waals surface area contributed by atoms with Crippen LogP contribution in [0, 0.1) is 10.1 Å². The van der Waals surface area contributed by atoms with Crippen LogP contribution in [-0.4, -0.2) is 47.2 Å². The minimum atomic E-state index is -0.512. The quantitative estimate of drug-likeness (QED) is 0.578. The fourth-order valence-corrected chi connectivity index (χ4v) is 3.12. The summed E-state index contributed by atoms with van der Waals surface area (Å²) in [5.74, 6) is 0. The molecule has 7 nitrogen and oxygen atoms in total. The third kappa shape index (κ3) is 5.34. The van der Waals surface area contributed by atoms with Crippen LogP contribution in [0.2, 0.25) is 0 Å². The highest BCUT2D eigenvalue weighted by atomic mass is 16.6. The Morgan fingerprint density at radius 3 is 2.46 bits per heavy atom. The molecule has 0 radical (unpaired) electrons. The number of carbonyl (C=O) groups excluding carboxylic acids is 1. The number of nitrogens with zero attached hydrogens (tertiary/aromatic N) is 3. The van der Waals surface area contributed by atoms with Gasteiger partial charge in [-0.05, 0) is 39.3 Å². The van der Waals surface area contributed by atoms with Gasteiger partial charge in [0, 0.05) is 37.5 Å². The third-order valence-electron chi connectivity index (χ3n) is 4.43. The molecule has 1 aliphatic rings. The molecule has 0 aromatic heterocycles. The van der Waals surface area contributed by atoms with Crippen molar-refractivity contribution in [2.75, 3.05) is 24.5 Å². The number of anilines is 1. The summed E-state index contributed by atoms with van der Waals surface area (Å²) in [5, 5.41) is 10.8. The van der Waals surface area contributed by atoms with E-state index in [2.05, 4.69) is 11.8 Å². The van der Waals surface area contributed by atoms with Crippen LogP contribution in [0.1, 0.15) is 47.0 Å². The zero-order chi connectivity index (χ0) is 19.3. The van der Waals surface area contributed by atoms with Crippen LogP contribution in [0.25, 0.3) is 0 Å². The van der Waals surface area contributed by atoms with Crippen molar-refractivity contribution in [3.05, 3.63) is 34.4 Å². The summed E-state index contributed by atoms with van der Waals surface area (Å²) in [6, 6.07) is 6.68. The van der Waals surface area contributed by atoms with Gasteiger partial charge in [-0.1, -0.05) is 19.8 Å². The number of hydrogen-bond acceptors (Lipinski definition) is 5. The maximum absolute atomic E-state index is 12.6. The van der Waals surface area contributed by atoms with Crippen LogP contribution in [0.4, 0.5) is 16.2 Å². The molecule has 1 atom stereocenters. The molecule has 1 amide bonds. The molecule has 1 aliphatic heterocycles. The van der Waals surface area contributed by atoms with Crippen LogP contribution in [-0.2, 0) is 4.74 Å². The molecule has 0 bridgehead atoms. The lowest BCUT2D eigenvalue weighted by atomic mass is 10.0. The van der Waals surface area contributed by atoms with Gasteiger partial charge in [0.2, 0.25) is 0 Å². The smallest absolute Gasteiger partial charge is 0.410 e. The van der Waals surface area contributed by atoms with Gasteiger partial charge in [-0.2, -0.15) is 0 Å². The SMILES string of the molecule is CCCCC1CN(c2ccc([N+](=O)[O-])cc2)CCN1C(=O)OC(C)(C)C. The number of nitro groups is 1. The number of unbranched alkanes of at least 4 members (excludes halogenated alkanes) is 1. The number of non-ortho nitro benzene ring substituents is 1. The second-order valence-corrected chi connectivity index (χ2v) is 7.69. The lowest BCUT2D eigenvalue weighted by molar-refractivity contribution is -0.384. The summed E-state index contributed by atoms with van der Waals surface area (Å²) < 4.78 is 5.56. The summed E-state index contributed by atoms with van der Waals surface area (Å²) in [6.07, 6.45) is 2.76. The van der Waals surface area contributed by atoms with E-state index < -0.39 is 10.5 Å². The summed E-state index contributed by atoms with van der Waals surface area (Å²) in [7, 11) is 0. The second-order valence-electron chi connectivity index (χ2n) is 7.69. The molecule has 0 spiro atoms. The van der Waals surface area contributed by atoms with Gasteiger partial charge >= 0.3 is 6.09 Å². The van der Waals surface area contributed by atoms with Gasteiger partial charge in [-0.3, -0.25) is 10.1 Å². The fraction of sp³-hybridized carbons (Fsp3) is 0.632. The minimum Gasteiger partial charge on any atom is -0.444 e. The maximum atomic E-state index is 12.6. The van der Waals surface area contributed by atoms with Crippen molar-refractivity contribution in [1.29, 1.82) is 0 Å². The molecular formula is C19H29N3O4. The Bertz CT molecular complexity index is 625. The molecule has 1 aromatic rings. The first-order chi connectivity index (χ1) is 12.2. The van der Waals surface area contributed by atoms with Gasteiger partial charge in [0.05, 0.1) is 11.0 Å². The van der Waals surface area contributed by atoms with E-state index in [0.717, 1.165) is 24.9 Å². The molecule has 1 aromatic carbocycles. The van der Waals surface area contributed by atoms with E-state index in [1.807, 2.05) is 25.7 Å². The summed E-state index contributed by atoms with van der Waals surface area (Å²) in [4.78, 5) is 27.0. The number of amides is 1. The normalized spacial score (nSPS) is 17.9. The summed E-state index contributed by atoms with van der Waals surface area (Å²) in [6.45, 7) is 9.73. The first kappa shape index (κ1) is 20.0. The number of benzene rings is 1. The van der Waals surface area contributed by atoms with Crippen molar-refractivity contribution in [3.8, 4) is 0 Å². The lowest BCUT2D eigenvalue weighted by Gasteiger charge is -2.42. The van der Waals surface area contributed by atoms with Crippen LogP contribution in [0.15, 0.2) is 24.3 Å². The Morgan fingerprint density at radius 2 is 1.92 bits per heavy atom. The molecule has 1 fully saturated rings. The Morgan fingerprint density at radius 1 is 1.27 bits per heavy atom. The Kier molecular flexibility index (Phi) is 6.45. The largest absolute Gasteiger partial charge is 0.444 e. The highest BCUT2D eigenvalue weighted by Gasteiger charge is 2.33. The first-order valence-corrected chi connectivity index (χ1v) is 9.20. The molecule has 0 aliphatic carbocycles. The van der Waals surface area contributed by atoms with Crippen LogP contribution in [0.5, 0.6) is 0 Å². The van der Waals surface area contributed by atoms with Crippen molar-refractivity contribution < 1.29 is 14.5 Å². The van der Waals surface area contributed by atoms with Crippen molar-refractivity contribution >= 4 is 17.5 Å². The number of carbonyl (C=O) groups is 1. The molecule has 7 heteroatoms. The molecular weight excluding hydrogens is 334 g/mol. The standard InChI is InChI=1S/C19H29N3O4/c1-5-6-7-17-14-20(15-8-10-16(11-9-15)22(24)25)12-13-21(17)18(23)26-19(2,3)4/h8-11,17H,5-7,12-14H2,1-4H3. The predicted molar refractivity (Wildman–Crippen MR) is 102 cm³/mol. The highest BCUT2D eigenvalue weighted by Crippen LogP contribution is 2.25. The molecule has 0 N–H and O–H groups in total. The van der Waals surface area contributed by atoms with Gasteiger partial charge in [-0.25, -0.2) is 4.79 Å². The minimum absolute atomic E-state index is 0.0775. The van der Waals surface area contributed by atoms with Gasteiger partial charge in [-0.15, -0.1) is 0 Å².